The quantitative estimate of drug-likeness (QED) is 0.550. The molecule has 142 valence electrons. The molecule has 7 atom stereocenters. The Kier molecular flexibility index (Phi) is 4.14. The number of fused-ring (bicyclic) bond motifs is 5. The molecule has 0 aliphatic heterocycles. The molecule has 5 nitrogen and oxygen atoms in total. The molecule has 0 bridgehead atoms. The standard InChI is InChI=1S/C19H30O5S/c1-18-9-7-13(24-25(21,22)23)11-12(18)3-4-14-15-5-6-17(20)19(15,2)10-8-16(14)18/h12-16H,3-11H2,1-2H3,(H,21,22,23)/p-1/t12-,13+,14?,15?,16?,18-,19-/m0/s1. The third-order valence-corrected chi connectivity index (χ3v) is 9.09. The highest BCUT2D eigenvalue weighted by atomic mass is 32.3. The van der Waals surface area contributed by atoms with E-state index < -0.39 is 16.5 Å². The normalized spacial score (nSPS) is 50.0. The first-order valence-corrected chi connectivity index (χ1v) is 11.1. The minimum absolute atomic E-state index is 0.0959. The monoisotopic (exact) mass is 369 g/mol. The van der Waals surface area contributed by atoms with Crippen molar-refractivity contribution < 1.29 is 21.9 Å². The van der Waals surface area contributed by atoms with Gasteiger partial charge >= 0.3 is 0 Å². The molecule has 0 aromatic heterocycles. The Bertz CT molecular complexity index is 673. The largest absolute Gasteiger partial charge is 0.726 e. The van der Waals surface area contributed by atoms with Crippen LogP contribution in [0, 0.1) is 34.5 Å². The van der Waals surface area contributed by atoms with Crippen LogP contribution in [0.3, 0.4) is 0 Å². The molecule has 4 rings (SSSR count). The van der Waals surface area contributed by atoms with Crippen LogP contribution in [0.1, 0.15) is 71.6 Å². The van der Waals surface area contributed by atoms with Crippen molar-refractivity contribution in [3.8, 4) is 0 Å². The third-order valence-electron chi connectivity index (χ3n) is 8.58. The van der Waals surface area contributed by atoms with Crippen LogP contribution in [0.25, 0.3) is 0 Å². The molecule has 0 amide bonds. The van der Waals surface area contributed by atoms with Crippen LogP contribution in [0.15, 0.2) is 0 Å². The molecule has 0 spiro atoms. The van der Waals surface area contributed by atoms with Gasteiger partial charge < -0.3 is 4.55 Å². The van der Waals surface area contributed by atoms with Gasteiger partial charge in [0.15, 0.2) is 0 Å². The molecule has 0 saturated heterocycles. The van der Waals surface area contributed by atoms with E-state index in [0.29, 0.717) is 42.3 Å². The van der Waals surface area contributed by atoms with E-state index in [1.807, 2.05) is 0 Å². The molecular formula is C19H29O5S-. The maximum absolute atomic E-state index is 12.4. The lowest BCUT2D eigenvalue weighted by atomic mass is 9.45. The van der Waals surface area contributed by atoms with Gasteiger partial charge in [-0.15, -0.1) is 0 Å². The number of carbonyl (C=O) groups excluding carboxylic acids is 1. The summed E-state index contributed by atoms with van der Waals surface area (Å²) >= 11 is 0. The summed E-state index contributed by atoms with van der Waals surface area (Å²) in [6, 6.07) is 0. The number of Topliss-reactive ketones (excluding diaryl/α,β-unsaturated/α-hetero) is 1. The second-order valence-electron chi connectivity index (χ2n) is 9.48. The summed E-state index contributed by atoms with van der Waals surface area (Å²) in [5, 5.41) is 0. The first-order valence-electron chi connectivity index (χ1n) is 9.81. The van der Waals surface area contributed by atoms with Crippen LogP contribution < -0.4 is 0 Å². The number of rotatable bonds is 2. The second-order valence-corrected chi connectivity index (χ2v) is 10.5. The van der Waals surface area contributed by atoms with Gasteiger partial charge in [-0.05, 0) is 80.5 Å². The van der Waals surface area contributed by atoms with Crippen LogP contribution in [0.5, 0.6) is 0 Å². The summed E-state index contributed by atoms with van der Waals surface area (Å²) in [6.07, 6.45) is 7.94. The van der Waals surface area contributed by atoms with Crippen molar-refractivity contribution in [2.24, 2.45) is 34.5 Å². The van der Waals surface area contributed by atoms with Crippen molar-refractivity contribution in [3.05, 3.63) is 0 Å². The van der Waals surface area contributed by atoms with Crippen molar-refractivity contribution in [1.29, 1.82) is 0 Å². The Balaban J connectivity index is 1.54. The minimum atomic E-state index is -4.62. The van der Waals surface area contributed by atoms with E-state index in [4.69, 9.17) is 4.18 Å². The summed E-state index contributed by atoms with van der Waals surface area (Å²) in [6.45, 7) is 4.57. The molecule has 0 aromatic carbocycles. The van der Waals surface area contributed by atoms with Crippen LogP contribution >= 0.6 is 0 Å². The van der Waals surface area contributed by atoms with Gasteiger partial charge in [-0.1, -0.05) is 13.8 Å². The topological polar surface area (TPSA) is 83.5 Å². The minimum Gasteiger partial charge on any atom is -0.726 e. The summed E-state index contributed by atoms with van der Waals surface area (Å²) in [5.41, 5.74) is 0.101. The smallest absolute Gasteiger partial charge is 0.217 e. The van der Waals surface area contributed by atoms with Crippen LogP contribution in [-0.2, 0) is 19.4 Å². The zero-order chi connectivity index (χ0) is 18.0. The zero-order valence-electron chi connectivity index (χ0n) is 15.2. The lowest BCUT2D eigenvalue weighted by molar-refractivity contribution is -0.141. The van der Waals surface area contributed by atoms with Gasteiger partial charge in [0, 0.05) is 11.8 Å². The predicted octanol–water partition coefficient (Wildman–Crippen LogP) is 3.44. The molecule has 0 aromatic rings. The van der Waals surface area contributed by atoms with Gasteiger partial charge in [0.05, 0.1) is 6.10 Å². The van der Waals surface area contributed by atoms with E-state index in [1.165, 1.54) is 0 Å². The van der Waals surface area contributed by atoms with Gasteiger partial charge in [0.25, 0.3) is 0 Å². The number of ketones is 1. The Labute approximate surface area is 150 Å². The van der Waals surface area contributed by atoms with Crippen molar-refractivity contribution in [3.63, 3.8) is 0 Å². The summed E-state index contributed by atoms with van der Waals surface area (Å²) < 4.78 is 37.6. The van der Waals surface area contributed by atoms with E-state index >= 15 is 0 Å². The van der Waals surface area contributed by atoms with Crippen molar-refractivity contribution in [2.75, 3.05) is 0 Å². The fraction of sp³-hybridized carbons (Fsp3) is 0.947. The first kappa shape index (κ1) is 17.9. The Morgan fingerprint density at radius 3 is 2.52 bits per heavy atom. The predicted molar refractivity (Wildman–Crippen MR) is 91.3 cm³/mol. The average Bonchev–Trinajstić information content (AvgIpc) is 2.82. The molecule has 6 heteroatoms. The van der Waals surface area contributed by atoms with Crippen molar-refractivity contribution >= 4 is 16.2 Å². The fourth-order valence-electron chi connectivity index (χ4n) is 7.24. The second kappa shape index (κ2) is 5.77. The van der Waals surface area contributed by atoms with E-state index in [1.54, 1.807) is 0 Å². The summed E-state index contributed by atoms with van der Waals surface area (Å²) in [7, 11) is -4.62. The van der Waals surface area contributed by atoms with Crippen LogP contribution in [0.2, 0.25) is 0 Å². The molecule has 4 aliphatic carbocycles. The van der Waals surface area contributed by atoms with Gasteiger partial charge in [-0.3, -0.25) is 8.98 Å². The average molecular weight is 370 g/mol. The highest BCUT2D eigenvalue weighted by Crippen LogP contribution is 2.65. The number of hydrogen-bond donors (Lipinski definition) is 0. The molecular weight excluding hydrogens is 340 g/mol. The first-order chi connectivity index (χ1) is 11.6. The highest BCUT2D eigenvalue weighted by Gasteiger charge is 2.60. The summed E-state index contributed by atoms with van der Waals surface area (Å²) in [4.78, 5) is 12.4. The number of hydrogen-bond acceptors (Lipinski definition) is 5. The maximum Gasteiger partial charge on any atom is 0.217 e. The van der Waals surface area contributed by atoms with Gasteiger partial charge in [0.2, 0.25) is 10.4 Å². The third kappa shape index (κ3) is 2.79. The lowest BCUT2D eigenvalue weighted by Gasteiger charge is -2.60. The van der Waals surface area contributed by atoms with Gasteiger partial charge in [0.1, 0.15) is 5.78 Å². The van der Waals surface area contributed by atoms with E-state index in [0.717, 1.165) is 44.9 Å². The van der Waals surface area contributed by atoms with Crippen LogP contribution in [0.4, 0.5) is 0 Å². The van der Waals surface area contributed by atoms with E-state index in [-0.39, 0.29) is 10.8 Å². The molecule has 0 radical (unpaired) electrons. The molecule has 3 unspecified atom stereocenters. The molecule has 25 heavy (non-hydrogen) atoms. The van der Waals surface area contributed by atoms with Gasteiger partial charge in [-0.25, -0.2) is 8.42 Å². The molecule has 0 N–H and O–H groups in total. The zero-order valence-corrected chi connectivity index (χ0v) is 16.0. The summed E-state index contributed by atoms with van der Waals surface area (Å²) in [5.74, 6) is 2.69. The van der Waals surface area contributed by atoms with Crippen LogP contribution in [-0.4, -0.2) is 24.9 Å². The Morgan fingerprint density at radius 1 is 1.04 bits per heavy atom. The van der Waals surface area contributed by atoms with Gasteiger partial charge in [-0.2, -0.15) is 0 Å². The highest BCUT2D eigenvalue weighted by molar-refractivity contribution is 7.80. The lowest BCUT2D eigenvalue weighted by Crippen LogP contribution is -2.54. The van der Waals surface area contributed by atoms with Crippen molar-refractivity contribution in [2.45, 2.75) is 77.7 Å². The molecule has 4 aliphatic rings. The number of carbonyl (C=O) groups is 1. The fourth-order valence-corrected chi connectivity index (χ4v) is 7.75. The SMILES string of the molecule is C[C@]12CCC3C(CC[C@H]4C[C@H](OS(=O)(=O)[O-])CC[C@]34C)C1CCC2=O. The molecule has 4 saturated carbocycles. The van der Waals surface area contributed by atoms with Crippen molar-refractivity contribution in [1.82, 2.24) is 0 Å². The maximum atomic E-state index is 12.4. The molecule has 4 fully saturated rings. The Hall–Kier alpha value is -0.460. The van der Waals surface area contributed by atoms with E-state index in [9.17, 15) is 17.8 Å². The Morgan fingerprint density at radius 2 is 1.80 bits per heavy atom. The van der Waals surface area contributed by atoms with E-state index in [2.05, 4.69) is 13.8 Å². The molecule has 0 heterocycles.